The van der Waals surface area contributed by atoms with Crippen LogP contribution in [0.5, 0.6) is 17.2 Å². The van der Waals surface area contributed by atoms with Gasteiger partial charge in [-0.2, -0.15) is 4.39 Å². The van der Waals surface area contributed by atoms with E-state index in [1.54, 1.807) is 25.8 Å². The summed E-state index contributed by atoms with van der Waals surface area (Å²) in [6.45, 7) is 9.34. The fourth-order valence-corrected chi connectivity index (χ4v) is 4.10. The topological polar surface area (TPSA) is 143 Å². The Morgan fingerprint density at radius 3 is 2.24 bits per heavy atom. The highest BCUT2D eigenvalue weighted by Crippen LogP contribution is 2.41. The number of benzene rings is 1. The van der Waals surface area contributed by atoms with Gasteiger partial charge in [0.05, 0.1) is 5.66 Å². The van der Waals surface area contributed by atoms with Crippen LogP contribution in [-0.2, 0) is 11.2 Å². The zero-order valence-electron chi connectivity index (χ0n) is 20.7. The number of piperazine rings is 1. The Morgan fingerprint density at radius 1 is 1.12 bits per heavy atom. The van der Waals surface area contributed by atoms with Crippen molar-refractivity contribution in [2.24, 2.45) is 5.73 Å². The molecular formula is C23H38FN5O5. The molecule has 0 radical (unpaired) electrons. The molecule has 0 bridgehead atoms. The average molecular weight is 484 g/mol. The number of halogens is 1. The molecule has 1 heterocycles. The maximum Gasteiger partial charge on any atom is 0.318 e. The predicted octanol–water partition coefficient (Wildman–Crippen LogP) is 1.44. The summed E-state index contributed by atoms with van der Waals surface area (Å²) in [5.41, 5.74) is 5.61. The highest BCUT2D eigenvalue weighted by molar-refractivity contribution is 5.74. The van der Waals surface area contributed by atoms with Gasteiger partial charge in [0.15, 0.2) is 17.2 Å². The summed E-state index contributed by atoms with van der Waals surface area (Å²) in [4.78, 5) is 29.5. The number of phenols is 3. The molecule has 2 rings (SSSR count). The Labute approximate surface area is 200 Å². The number of nitrogens with zero attached hydrogens (tertiary/aromatic N) is 3. The number of urea groups is 1. The van der Waals surface area contributed by atoms with E-state index in [-0.39, 0.29) is 35.5 Å². The van der Waals surface area contributed by atoms with Crippen LogP contribution in [0.1, 0.15) is 44.7 Å². The van der Waals surface area contributed by atoms with Gasteiger partial charge in [0, 0.05) is 63.9 Å². The minimum atomic E-state index is -1.25. The molecule has 1 atom stereocenters. The molecule has 3 amide bonds. The number of nitrogens with two attached hydrogens (primary N) is 1. The Morgan fingerprint density at radius 2 is 1.71 bits per heavy atom. The van der Waals surface area contributed by atoms with E-state index in [0.29, 0.717) is 45.6 Å². The second-order valence-electron chi connectivity index (χ2n) is 9.43. The first kappa shape index (κ1) is 27.5. The maximum absolute atomic E-state index is 13.9. The van der Waals surface area contributed by atoms with Gasteiger partial charge >= 0.3 is 6.03 Å². The molecule has 1 aromatic rings. The summed E-state index contributed by atoms with van der Waals surface area (Å²) in [5.74, 6) is -3.45. The third kappa shape index (κ3) is 6.41. The number of amides is 3. The molecule has 0 saturated carbocycles. The van der Waals surface area contributed by atoms with Gasteiger partial charge in [-0.05, 0) is 40.0 Å². The molecule has 1 aromatic carbocycles. The second kappa shape index (κ2) is 11.1. The van der Waals surface area contributed by atoms with E-state index in [4.69, 9.17) is 5.73 Å². The van der Waals surface area contributed by atoms with E-state index in [1.165, 1.54) is 18.7 Å². The SMILES string of the molecule is CC(=O)N1CCN(C(CCNC(=O)N(C)C(C)(C)N)CCc2c(C)c(O)c(F)c(O)c2O)CC1. The first-order chi connectivity index (χ1) is 15.8. The van der Waals surface area contributed by atoms with Crippen molar-refractivity contribution in [1.82, 2.24) is 20.0 Å². The van der Waals surface area contributed by atoms with E-state index in [0.717, 1.165) is 0 Å². The van der Waals surface area contributed by atoms with Gasteiger partial charge in [-0.3, -0.25) is 9.69 Å². The van der Waals surface area contributed by atoms with Crippen LogP contribution < -0.4 is 11.1 Å². The summed E-state index contributed by atoms with van der Waals surface area (Å²) < 4.78 is 13.9. The monoisotopic (exact) mass is 483 g/mol. The lowest BCUT2D eigenvalue weighted by Crippen LogP contribution is -2.55. The van der Waals surface area contributed by atoms with Crippen molar-refractivity contribution in [2.75, 3.05) is 39.8 Å². The molecule has 10 nitrogen and oxygen atoms in total. The molecule has 34 heavy (non-hydrogen) atoms. The van der Waals surface area contributed by atoms with Crippen molar-refractivity contribution in [1.29, 1.82) is 0 Å². The van der Waals surface area contributed by atoms with Gasteiger partial charge < -0.3 is 36.2 Å². The van der Waals surface area contributed by atoms with Gasteiger partial charge in [0.25, 0.3) is 0 Å². The normalized spacial score (nSPS) is 15.8. The second-order valence-corrected chi connectivity index (χ2v) is 9.43. The minimum Gasteiger partial charge on any atom is -0.505 e. The van der Waals surface area contributed by atoms with Crippen LogP contribution >= 0.6 is 0 Å². The number of phenolic OH excluding ortho intramolecular Hbond substituents is 3. The number of aromatic hydroxyl groups is 3. The lowest BCUT2D eigenvalue weighted by molar-refractivity contribution is -0.130. The lowest BCUT2D eigenvalue weighted by atomic mass is 9.96. The zero-order chi connectivity index (χ0) is 25.8. The number of carbonyl (C=O) groups excluding carboxylic acids is 2. The van der Waals surface area contributed by atoms with Crippen LogP contribution in [0.15, 0.2) is 0 Å². The van der Waals surface area contributed by atoms with E-state index in [9.17, 15) is 29.3 Å². The van der Waals surface area contributed by atoms with Crippen molar-refractivity contribution in [3.63, 3.8) is 0 Å². The number of rotatable bonds is 8. The summed E-state index contributed by atoms with van der Waals surface area (Å²) in [6, 6.07) is -0.326. The number of carbonyl (C=O) groups is 2. The summed E-state index contributed by atoms with van der Waals surface area (Å²) in [6.07, 6.45) is 1.39. The molecule has 0 aliphatic carbocycles. The molecule has 0 spiro atoms. The molecule has 1 aliphatic rings. The van der Waals surface area contributed by atoms with Gasteiger partial charge in [-0.1, -0.05) is 0 Å². The summed E-state index contributed by atoms with van der Waals surface area (Å²) >= 11 is 0. The third-order valence-electron chi connectivity index (χ3n) is 6.66. The molecule has 1 aliphatic heterocycles. The Balaban J connectivity index is 2.12. The summed E-state index contributed by atoms with van der Waals surface area (Å²) in [5, 5.41) is 32.9. The molecule has 6 N–H and O–H groups in total. The number of nitrogens with one attached hydrogen (secondary N) is 1. The smallest absolute Gasteiger partial charge is 0.318 e. The number of hydrogen-bond donors (Lipinski definition) is 5. The average Bonchev–Trinajstić information content (AvgIpc) is 2.79. The van der Waals surface area contributed by atoms with Crippen LogP contribution in [0.4, 0.5) is 9.18 Å². The molecule has 11 heteroatoms. The van der Waals surface area contributed by atoms with Crippen molar-refractivity contribution < 1.29 is 29.3 Å². The molecule has 1 saturated heterocycles. The minimum absolute atomic E-state index is 0.0220. The fourth-order valence-electron chi connectivity index (χ4n) is 4.10. The highest BCUT2D eigenvalue weighted by atomic mass is 19.1. The number of hydrogen-bond acceptors (Lipinski definition) is 7. The maximum atomic E-state index is 13.9. The first-order valence-electron chi connectivity index (χ1n) is 11.5. The van der Waals surface area contributed by atoms with Gasteiger partial charge in [0.1, 0.15) is 0 Å². The van der Waals surface area contributed by atoms with Crippen molar-refractivity contribution in [2.45, 2.75) is 58.7 Å². The van der Waals surface area contributed by atoms with Gasteiger partial charge in [-0.15, -0.1) is 0 Å². The molecule has 192 valence electrons. The van der Waals surface area contributed by atoms with E-state index in [2.05, 4.69) is 10.2 Å². The van der Waals surface area contributed by atoms with Crippen molar-refractivity contribution in [3.8, 4) is 17.2 Å². The highest BCUT2D eigenvalue weighted by Gasteiger charge is 2.28. The quantitative estimate of drug-likeness (QED) is 0.214. The van der Waals surface area contributed by atoms with Crippen molar-refractivity contribution in [3.05, 3.63) is 16.9 Å². The third-order valence-corrected chi connectivity index (χ3v) is 6.66. The van der Waals surface area contributed by atoms with Crippen LogP contribution in [0.3, 0.4) is 0 Å². The Bertz CT molecular complexity index is 868. The van der Waals surface area contributed by atoms with Crippen LogP contribution in [0.2, 0.25) is 0 Å². The standard InChI is InChI=1S/C23H38FN5O5/c1-14-17(20(32)21(33)18(24)19(14)31)7-6-16(29-12-10-28(11-13-29)15(2)30)8-9-26-22(34)27(5)23(3,4)25/h16,31-33H,6-13,25H2,1-5H3,(H,26,34). The van der Waals surface area contributed by atoms with E-state index in [1.807, 2.05) is 0 Å². The van der Waals surface area contributed by atoms with Crippen LogP contribution in [-0.4, -0.2) is 93.4 Å². The largest absolute Gasteiger partial charge is 0.505 e. The molecule has 0 aromatic heterocycles. The molecule has 1 unspecified atom stereocenters. The first-order valence-corrected chi connectivity index (χ1v) is 11.5. The Kier molecular flexibility index (Phi) is 8.96. The van der Waals surface area contributed by atoms with Gasteiger partial charge in [-0.25, -0.2) is 4.79 Å². The summed E-state index contributed by atoms with van der Waals surface area (Å²) in [7, 11) is 1.62. The molecule has 1 fully saturated rings. The van der Waals surface area contributed by atoms with E-state index < -0.39 is 28.7 Å². The predicted molar refractivity (Wildman–Crippen MR) is 126 cm³/mol. The van der Waals surface area contributed by atoms with Crippen LogP contribution in [0.25, 0.3) is 0 Å². The zero-order valence-corrected chi connectivity index (χ0v) is 20.7. The lowest BCUT2D eigenvalue weighted by Gasteiger charge is -2.39. The van der Waals surface area contributed by atoms with Gasteiger partial charge in [0.2, 0.25) is 11.7 Å². The van der Waals surface area contributed by atoms with Crippen molar-refractivity contribution >= 4 is 11.9 Å². The Hall–Kier alpha value is -2.79. The van der Waals surface area contributed by atoms with E-state index >= 15 is 0 Å². The fraction of sp³-hybridized carbons (Fsp3) is 0.652. The van der Waals surface area contributed by atoms with Crippen LogP contribution in [0, 0.1) is 12.7 Å². The molecular weight excluding hydrogens is 445 g/mol.